The second-order valence-corrected chi connectivity index (χ2v) is 6.80. The average molecular weight is 419 g/mol. The van der Waals surface area contributed by atoms with Crippen molar-refractivity contribution in [1.82, 2.24) is 14.0 Å². The molecule has 1 aromatic heterocycles. The lowest BCUT2D eigenvalue weighted by Gasteiger charge is -2.26. The summed E-state index contributed by atoms with van der Waals surface area (Å²) in [6, 6.07) is 5.32. The van der Waals surface area contributed by atoms with Gasteiger partial charge in [0, 0.05) is 6.54 Å². The number of hydrogen-bond acceptors (Lipinski definition) is 6. The number of primary amides is 1. The minimum absolute atomic E-state index is 0.0739. The van der Waals surface area contributed by atoms with Crippen LogP contribution in [0.5, 0.6) is 0 Å². The molecule has 2 aromatic rings. The van der Waals surface area contributed by atoms with Crippen LogP contribution in [-0.2, 0) is 11.3 Å². The number of rotatable bonds is 5. The molecule has 1 fully saturated rings. The largest absolute Gasteiger partial charge is 0.384 e. The van der Waals surface area contributed by atoms with Crippen LogP contribution in [0.15, 0.2) is 33.9 Å². The van der Waals surface area contributed by atoms with Crippen molar-refractivity contribution in [2.24, 2.45) is 5.73 Å². The van der Waals surface area contributed by atoms with E-state index in [9.17, 15) is 18.8 Å². The van der Waals surface area contributed by atoms with Crippen molar-refractivity contribution in [1.29, 1.82) is 0 Å². The predicted octanol–water partition coefficient (Wildman–Crippen LogP) is 0.511. The van der Waals surface area contributed by atoms with Gasteiger partial charge in [0.15, 0.2) is 5.78 Å². The number of piperidine rings is 1. The van der Waals surface area contributed by atoms with Gasteiger partial charge in [0.1, 0.15) is 17.2 Å². The van der Waals surface area contributed by atoms with E-state index in [1.165, 1.54) is 18.2 Å². The van der Waals surface area contributed by atoms with Gasteiger partial charge in [0.25, 0.3) is 5.56 Å². The van der Waals surface area contributed by atoms with Crippen LogP contribution in [0.3, 0.4) is 0 Å². The second-order valence-electron chi connectivity index (χ2n) is 6.80. The Bertz CT molecular complexity index is 1020. The summed E-state index contributed by atoms with van der Waals surface area (Å²) in [6.45, 7) is 3.36. The van der Waals surface area contributed by atoms with Gasteiger partial charge in [-0.05, 0) is 51.1 Å². The molecule has 3 rings (SSSR count). The molecule has 1 aliphatic rings. The van der Waals surface area contributed by atoms with E-state index in [2.05, 4.69) is 5.73 Å². The number of hydrogen-bond donors (Lipinski definition) is 2. The summed E-state index contributed by atoms with van der Waals surface area (Å²) in [7, 11) is 0. The van der Waals surface area contributed by atoms with E-state index in [-0.39, 0.29) is 36.6 Å². The highest BCUT2D eigenvalue weighted by Gasteiger charge is 2.25. The third kappa shape index (κ3) is 5.01. The Morgan fingerprint density at radius 3 is 2.40 bits per heavy atom. The molecule has 4 N–H and O–H groups in total. The van der Waals surface area contributed by atoms with Gasteiger partial charge in [-0.15, -0.1) is 0 Å². The highest BCUT2D eigenvalue weighted by Crippen LogP contribution is 2.16. The summed E-state index contributed by atoms with van der Waals surface area (Å²) in [4.78, 5) is 48.9. The number of aromatic nitrogens is 2. The first kappa shape index (κ1) is 23.0. The number of Topliss-reactive ketones (excluding diaryl/α,β-unsaturated/α-hetero) is 1. The van der Waals surface area contributed by atoms with Gasteiger partial charge in [-0.2, -0.15) is 0 Å². The van der Waals surface area contributed by atoms with E-state index in [4.69, 9.17) is 10.5 Å². The van der Waals surface area contributed by atoms with E-state index >= 15 is 0 Å². The van der Waals surface area contributed by atoms with Gasteiger partial charge in [0.05, 0.1) is 12.2 Å². The Morgan fingerprint density at radius 2 is 1.83 bits per heavy atom. The lowest BCUT2D eigenvalue weighted by molar-refractivity contribution is -0.106. The monoisotopic (exact) mass is 419 g/mol. The van der Waals surface area contributed by atoms with Crippen LogP contribution in [0, 0.1) is 5.82 Å². The van der Waals surface area contributed by atoms with E-state index in [0.29, 0.717) is 0 Å². The fraction of sp³-hybridized carbons (Fsp3) is 0.400. The minimum atomic E-state index is -0.699. The third-order valence-corrected chi connectivity index (χ3v) is 4.86. The highest BCUT2D eigenvalue weighted by atomic mass is 19.1. The first-order chi connectivity index (χ1) is 14.3. The SMILES string of the molecule is CCn1c(=O)c(C(=O)CN2CCCCC2)c(N)n(-c2cccc(F)c2)c1=O.NC=O. The van der Waals surface area contributed by atoms with Crippen LogP contribution in [0.25, 0.3) is 5.69 Å². The molecule has 0 saturated carbocycles. The molecule has 162 valence electrons. The molecular formula is C20H26FN5O4. The Morgan fingerprint density at radius 1 is 1.20 bits per heavy atom. The molecule has 0 aliphatic carbocycles. The number of nitrogen functional groups attached to an aromatic ring is 1. The van der Waals surface area contributed by atoms with Crippen LogP contribution in [0.1, 0.15) is 36.5 Å². The first-order valence-electron chi connectivity index (χ1n) is 9.67. The minimum Gasteiger partial charge on any atom is -0.384 e. The summed E-state index contributed by atoms with van der Waals surface area (Å²) >= 11 is 0. The van der Waals surface area contributed by atoms with Crippen LogP contribution in [-0.4, -0.2) is 45.9 Å². The molecule has 0 bridgehead atoms. The van der Waals surface area contributed by atoms with Crippen molar-refractivity contribution in [3.63, 3.8) is 0 Å². The number of ketones is 1. The van der Waals surface area contributed by atoms with Crippen LogP contribution in [0.2, 0.25) is 0 Å². The van der Waals surface area contributed by atoms with Crippen molar-refractivity contribution in [2.45, 2.75) is 32.7 Å². The standard InChI is InChI=1S/C19H23FN4O3.CH3NO/c1-2-23-18(26)16(15(25)12-22-9-4-3-5-10-22)17(21)24(19(23)27)14-8-6-7-13(20)11-14;2-1-3/h6-8,11H,2-5,9-10,12,21H2,1H3;1H,(H2,2,3). The topological polar surface area (TPSA) is 133 Å². The summed E-state index contributed by atoms with van der Waals surface area (Å²) in [5.74, 6) is -1.22. The molecule has 30 heavy (non-hydrogen) atoms. The van der Waals surface area contributed by atoms with E-state index in [1.54, 1.807) is 6.92 Å². The Balaban J connectivity index is 0.00000101. The molecule has 10 heteroatoms. The zero-order valence-electron chi connectivity index (χ0n) is 16.8. The molecule has 0 unspecified atom stereocenters. The molecule has 1 amide bonds. The van der Waals surface area contributed by atoms with Gasteiger partial charge in [0.2, 0.25) is 6.41 Å². The molecule has 1 aromatic carbocycles. The van der Waals surface area contributed by atoms with Crippen molar-refractivity contribution in [3.05, 3.63) is 56.5 Å². The number of carbonyl (C=O) groups excluding carboxylic acids is 2. The highest BCUT2D eigenvalue weighted by molar-refractivity contribution is 6.01. The first-order valence-corrected chi connectivity index (χ1v) is 9.67. The molecular weight excluding hydrogens is 393 g/mol. The molecule has 0 radical (unpaired) electrons. The molecule has 2 heterocycles. The number of anilines is 1. The number of nitrogens with two attached hydrogens (primary N) is 2. The van der Waals surface area contributed by atoms with Gasteiger partial charge >= 0.3 is 5.69 Å². The molecule has 0 atom stereocenters. The maximum absolute atomic E-state index is 13.6. The van der Waals surface area contributed by atoms with E-state index in [1.807, 2.05) is 4.90 Å². The van der Waals surface area contributed by atoms with Crippen molar-refractivity contribution < 1.29 is 14.0 Å². The smallest absolute Gasteiger partial charge is 0.337 e. The summed E-state index contributed by atoms with van der Waals surface area (Å²) < 4.78 is 15.6. The summed E-state index contributed by atoms with van der Waals surface area (Å²) in [5, 5.41) is 0. The molecule has 1 saturated heterocycles. The lowest BCUT2D eigenvalue weighted by Crippen LogP contribution is -2.45. The number of halogens is 1. The molecule has 9 nitrogen and oxygen atoms in total. The molecule has 1 aliphatic heterocycles. The maximum atomic E-state index is 13.6. The quantitative estimate of drug-likeness (QED) is 0.536. The van der Waals surface area contributed by atoms with Crippen molar-refractivity contribution in [3.8, 4) is 5.69 Å². The summed E-state index contributed by atoms with van der Waals surface area (Å²) in [6.07, 6.45) is 3.38. The van der Waals surface area contributed by atoms with Gasteiger partial charge in [-0.25, -0.2) is 13.8 Å². The number of benzene rings is 1. The van der Waals surface area contributed by atoms with Gasteiger partial charge in [-0.1, -0.05) is 12.5 Å². The average Bonchev–Trinajstić information content (AvgIpc) is 2.70. The zero-order valence-corrected chi connectivity index (χ0v) is 16.8. The number of nitrogens with zero attached hydrogens (tertiary/aromatic N) is 3. The van der Waals surface area contributed by atoms with Gasteiger partial charge in [-0.3, -0.25) is 23.9 Å². The fourth-order valence-corrected chi connectivity index (χ4v) is 3.47. The number of amides is 1. The normalized spacial score (nSPS) is 13.9. The van der Waals surface area contributed by atoms with Crippen molar-refractivity contribution in [2.75, 3.05) is 25.4 Å². The third-order valence-electron chi connectivity index (χ3n) is 4.86. The second kappa shape index (κ2) is 10.5. The predicted molar refractivity (Wildman–Crippen MR) is 111 cm³/mol. The number of carbonyl (C=O) groups is 2. The van der Waals surface area contributed by atoms with Crippen LogP contribution >= 0.6 is 0 Å². The Labute approximate surface area is 172 Å². The zero-order chi connectivity index (χ0) is 22.3. The van der Waals surface area contributed by atoms with Crippen LogP contribution in [0.4, 0.5) is 10.2 Å². The Hall–Kier alpha value is -3.27. The maximum Gasteiger partial charge on any atom is 0.337 e. The summed E-state index contributed by atoms with van der Waals surface area (Å²) in [5.41, 5.74) is 8.81. The van der Waals surface area contributed by atoms with E-state index < -0.39 is 22.8 Å². The fourth-order valence-electron chi connectivity index (χ4n) is 3.47. The van der Waals surface area contributed by atoms with Crippen LogP contribution < -0.4 is 22.7 Å². The van der Waals surface area contributed by atoms with Crippen molar-refractivity contribution >= 4 is 18.0 Å². The molecule has 0 spiro atoms. The lowest BCUT2D eigenvalue weighted by atomic mass is 10.1. The Kier molecular flexibility index (Phi) is 8.05. The van der Waals surface area contributed by atoms with Gasteiger partial charge < -0.3 is 11.5 Å². The number of likely N-dealkylation sites (tertiary alicyclic amines) is 1. The van der Waals surface area contributed by atoms with E-state index in [0.717, 1.165) is 47.6 Å².